The van der Waals surface area contributed by atoms with E-state index in [1.807, 2.05) is 31.2 Å². The molecule has 2 aromatic heterocycles. The van der Waals surface area contributed by atoms with Gasteiger partial charge in [-0.15, -0.1) is 22.7 Å². The predicted octanol–water partition coefficient (Wildman–Crippen LogP) is 8.88. The summed E-state index contributed by atoms with van der Waals surface area (Å²) in [4.78, 5) is 6.36. The fourth-order valence-corrected chi connectivity index (χ4v) is 9.30. The van der Waals surface area contributed by atoms with Crippen LogP contribution in [-0.2, 0) is 16.4 Å². The molecule has 198 valence electrons. The first-order valence-electron chi connectivity index (χ1n) is 12.6. The van der Waals surface area contributed by atoms with Crippen LogP contribution in [0.25, 0.3) is 21.0 Å². The van der Waals surface area contributed by atoms with Gasteiger partial charge in [-0.2, -0.15) is 0 Å². The Kier molecular flexibility index (Phi) is 7.73. The second kappa shape index (κ2) is 10.9. The van der Waals surface area contributed by atoms with Crippen LogP contribution in [0.4, 0.5) is 5.69 Å². The summed E-state index contributed by atoms with van der Waals surface area (Å²) in [6.45, 7) is 8.73. The fourth-order valence-electron chi connectivity index (χ4n) is 4.76. The molecule has 0 fully saturated rings. The monoisotopic (exact) mass is 582 g/mol. The first-order valence-corrected chi connectivity index (χ1v) is 16.6. The van der Waals surface area contributed by atoms with Crippen molar-refractivity contribution in [1.82, 2.24) is 4.98 Å². The molecule has 1 unspecified atom stereocenters. The van der Waals surface area contributed by atoms with Gasteiger partial charge in [-0.1, -0.05) is 69.8 Å². The first kappa shape index (κ1) is 27.0. The molecule has 0 saturated carbocycles. The second-order valence-corrected chi connectivity index (χ2v) is 15.0. The molecule has 0 bridgehead atoms. The highest BCUT2D eigenvalue weighted by Crippen LogP contribution is 2.45. The summed E-state index contributed by atoms with van der Waals surface area (Å²) in [6.07, 6.45) is 1.86. The van der Waals surface area contributed by atoms with E-state index in [0.29, 0.717) is 33.2 Å². The molecule has 0 radical (unpaired) electrons. The Bertz CT molecular complexity index is 1720. The molecule has 0 aliphatic rings. The Morgan fingerprint density at radius 3 is 2.45 bits per heavy atom. The van der Waals surface area contributed by atoms with Crippen LogP contribution in [-0.4, -0.2) is 18.5 Å². The number of hydrogen-bond donors (Lipinski definition) is 2. The van der Waals surface area contributed by atoms with Gasteiger partial charge in [0.25, 0.3) is 10.0 Å². The summed E-state index contributed by atoms with van der Waals surface area (Å²) in [5, 5.41) is 12.4. The summed E-state index contributed by atoms with van der Waals surface area (Å²) in [7, 11) is -3.78. The normalized spacial score (nSPS) is 13.0. The van der Waals surface area contributed by atoms with Crippen LogP contribution in [0, 0.1) is 5.92 Å². The molecule has 0 spiro atoms. The third-order valence-corrected chi connectivity index (χ3v) is 11.9. The van der Waals surface area contributed by atoms with Crippen LogP contribution >= 0.6 is 34.4 Å². The lowest BCUT2D eigenvalue weighted by atomic mass is 9.86. The van der Waals surface area contributed by atoms with Crippen LogP contribution in [0.1, 0.15) is 50.5 Å². The summed E-state index contributed by atoms with van der Waals surface area (Å²) in [5.41, 5.74) is 2.67. The number of hydrogen-bond acceptors (Lipinski definition) is 7. The minimum Gasteiger partial charge on any atom is -0.506 e. The van der Waals surface area contributed by atoms with Crippen molar-refractivity contribution < 1.29 is 13.5 Å². The number of aromatic hydroxyl groups is 1. The van der Waals surface area contributed by atoms with Crippen molar-refractivity contribution in [3.63, 3.8) is 0 Å². The number of rotatable bonds is 9. The highest BCUT2D eigenvalue weighted by molar-refractivity contribution is 8.01. The molecule has 9 heteroatoms. The third-order valence-electron chi connectivity index (χ3n) is 6.74. The Balaban J connectivity index is 1.52. The SMILES string of the molecule is CCc1ccc(S(=O)(=O)Nc2cc(Sc3nc4ccc(C(CC)C(C)C)cc4s3)c(O)c3ccccc23)s1. The average molecular weight is 583 g/mol. The van der Waals surface area contributed by atoms with E-state index >= 15 is 0 Å². The number of nitrogens with one attached hydrogen (secondary N) is 1. The van der Waals surface area contributed by atoms with Crippen molar-refractivity contribution in [2.75, 3.05) is 4.72 Å². The van der Waals surface area contributed by atoms with Crippen molar-refractivity contribution in [3.8, 4) is 5.75 Å². The van der Waals surface area contributed by atoms with Gasteiger partial charge in [0.1, 0.15) is 9.96 Å². The van der Waals surface area contributed by atoms with E-state index in [1.54, 1.807) is 29.5 Å². The molecule has 5 aromatic rings. The van der Waals surface area contributed by atoms with Gasteiger partial charge in [-0.3, -0.25) is 4.72 Å². The van der Waals surface area contributed by atoms with E-state index in [9.17, 15) is 13.5 Å². The van der Waals surface area contributed by atoms with Crippen molar-refractivity contribution in [3.05, 3.63) is 71.1 Å². The Labute approximate surface area is 236 Å². The number of anilines is 1. The number of phenolic OH excluding ortho intramolecular Hbond substituents is 1. The summed E-state index contributed by atoms with van der Waals surface area (Å²) < 4.78 is 31.4. The number of benzene rings is 3. The minimum absolute atomic E-state index is 0.115. The van der Waals surface area contributed by atoms with Crippen LogP contribution in [0.2, 0.25) is 0 Å². The molecular formula is C29H30N2O3S4. The van der Waals surface area contributed by atoms with Gasteiger partial charge in [-0.25, -0.2) is 13.4 Å². The molecule has 2 N–H and O–H groups in total. The van der Waals surface area contributed by atoms with E-state index in [1.165, 1.54) is 28.7 Å². The fraction of sp³-hybridized carbons (Fsp3) is 0.276. The van der Waals surface area contributed by atoms with Gasteiger partial charge in [0.05, 0.1) is 20.8 Å². The molecular weight excluding hydrogens is 553 g/mol. The van der Waals surface area contributed by atoms with Crippen molar-refractivity contribution in [1.29, 1.82) is 0 Å². The highest BCUT2D eigenvalue weighted by atomic mass is 32.2. The second-order valence-electron chi connectivity index (χ2n) is 9.56. The predicted molar refractivity (Wildman–Crippen MR) is 162 cm³/mol. The van der Waals surface area contributed by atoms with E-state index in [4.69, 9.17) is 4.98 Å². The maximum absolute atomic E-state index is 13.2. The van der Waals surface area contributed by atoms with Gasteiger partial charge < -0.3 is 5.11 Å². The maximum atomic E-state index is 13.2. The summed E-state index contributed by atoms with van der Waals surface area (Å²) in [6, 6.07) is 18.9. The molecule has 0 aliphatic carbocycles. The molecule has 1 atom stereocenters. The van der Waals surface area contributed by atoms with Gasteiger partial charge >= 0.3 is 0 Å². The number of fused-ring (bicyclic) bond motifs is 2. The quantitative estimate of drug-likeness (QED) is 0.170. The number of aromatic nitrogens is 1. The largest absolute Gasteiger partial charge is 0.506 e. The van der Waals surface area contributed by atoms with E-state index in [0.717, 1.165) is 32.3 Å². The minimum atomic E-state index is -3.78. The summed E-state index contributed by atoms with van der Waals surface area (Å²) >= 11 is 4.20. The van der Waals surface area contributed by atoms with E-state index < -0.39 is 10.0 Å². The molecule has 0 aliphatic heterocycles. The van der Waals surface area contributed by atoms with E-state index in [-0.39, 0.29) is 9.96 Å². The zero-order chi connectivity index (χ0) is 27.0. The number of aryl methyl sites for hydroxylation is 1. The molecule has 0 saturated heterocycles. The molecule has 38 heavy (non-hydrogen) atoms. The molecule has 0 amide bonds. The smallest absolute Gasteiger partial charge is 0.271 e. The zero-order valence-electron chi connectivity index (χ0n) is 21.7. The summed E-state index contributed by atoms with van der Waals surface area (Å²) in [5.74, 6) is 1.16. The van der Waals surface area contributed by atoms with Crippen molar-refractivity contribution >= 4 is 71.1 Å². The van der Waals surface area contributed by atoms with Gasteiger partial charge in [0, 0.05) is 15.6 Å². The van der Waals surface area contributed by atoms with Crippen molar-refractivity contribution in [2.24, 2.45) is 5.92 Å². The van der Waals surface area contributed by atoms with Crippen LogP contribution in [0.3, 0.4) is 0 Å². The lowest BCUT2D eigenvalue weighted by Crippen LogP contribution is -2.11. The topological polar surface area (TPSA) is 79.3 Å². The standard InChI is InChI=1S/C29H30N2O3S4/c1-5-19-12-14-27(35-19)38(33,34)31-24-16-26(28(32)22-10-8-7-9-21(22)24)37-29-30-23-13-11-18(15-25(23)36-29)20(6-2)17(3)4/h7-17,20,31-32H,5-6H2,1-4H3. The maximum Gasteiger partial charge on any atom is 0.271 e. The molecule has 5 rings (SSSR count). The van der Waals surface area contributed by atoms with Gasteiger partial charge in [0.15, 0.2) is 4.34 Å². The lowest BCUT2D eigenvalue weighted by Gasteiger charge is -2.19. The van der Waals surface area contributed by atoms with Gasteiger partial charge in [-0.05, 0) is 60.6 Å². The Hall–Kier alpha value is -2.59. The molecule has 5 nitrogen and oxygen atoms in total. The number of sulfonamides is 1. The Morgan fingerprint density at radius 1 is 1.00 bits per heavy atom. The molecule has 3 aromatic carbocycles. The highest BCUT2D eigenvalue weighted by Gasteiger charge is 2.21. The lowest BCUT2D eigenvalue weighted by molar-refractivity contribution is 0.469. The average Bonchev–Trinajstić information content (AvgIpc) is 3.54. The number of thiophene rings is 1. The van der Waals surface area contributed by atoms with Crippen molar-refractivity contribution in [2.45, 2.75) is 59.9 Å². The van der Waals surface area contributed by atoms with Crippen LogP contribution < -0.4 is 4.72 Å². The van der Waals surface area contributed by atoms with Crippen LogP contribution in [0.5, 0.6) is 5.75 Å². The van der Waals surface area contributed by atoms with Crippen LogP contribution in [0.15, 0.2) is 74.1 Å². The number of phenols is 1. The number of thiazole rings is 1. The van der Waals surface area contributed by atoms with E-state index in [2.05, 4.69) is 43.7 Å². The number of nitrogens with zero attached hydrogens (tertiary/aromatic N) is 1. The third kappa shape index (κ3) is 5.30. The zero-order valence-corrected chi connectivity index (χ0v) is 25.0. The Morgan fingerprint density at radius 2 is 1.76 bits per heavy atom. The first-order chi connectivity index (χ1) is 18.2. The molecule has 2 heterocycles. The van der Waals surface area contributed by atoms with Gasteiger partial charge in [0.2, 0.25) is 0 Å².